The predicted octanol–water partition coefficient (Wildman–Crippen LogP) is 2.38. The number of ether oxygens (including phenoxy) is 1. The van der Waals surface area contributed by atoms with E-state index in [1.54, 1.807) is 6.08 Å². The minimum Gasteiger partial charge on any atom is -0.431 e. The Hall–Kier alpha value is -1.21. The van der Waals surface area contributed by atoms with Gasteiger partial charge in [-0.3, -0.25) is 0 Å². The molecule has 0 fully saturated rings. The summed E-state index contributed by atoms with van der Waals surface area (Å²) in [7, 11) is 0. The van der Waals surface area contributed by atoms with Gasteiger partial charge in [-0.25, -0.2) is 4.79 Å². The molecule has 3 heteroatoms. The fourth-order valence-corrected chi connectivity index (χ4v) is 0.792. The third-order valence-corrected chi connectivity index (χ3v) is 1.41. The van der Waals surface area contributed by atoms with Crippen LogP contribution in [0, 0.1) is 0 Å². The van der Waals surface area contributed by atoms with Crippen molar-refractivity contribution in [3.8, 4) is 0 Å². The van der Waals surface area contributed by atoms with Gasteiger partial charge < -0.3 is 4.74 Å². The van der Waals surface area contributed by atoms with E-state index in [0.717, 1.165) is 11.6 Å². The zero-order valence-electron chi connectivity index (χ0n) is 7.85. The van der Waals surface area contributed by atoms with Gasteiger partial charge in [-0.05, 0) is 11.6 Å². The maximum atomic E-state index is 10.6. The summed E-state index contributed by atoms with van der Waals surface area (Å²) in [5.41, 5.74) is 0.986. The molecule has 68 valence electrons. The molecule has 0 heterocycles. The van der Waals surface area contributed by atoms with E-state index in [2.05, 4.69) is 11.3 Å². The molecule has 0 radical (unpaired) electrons. The Morgan fingerprint density at radius 3 is 2.50 bits per heavy atom. The van der Waals surface area contributed by atoms with Crippen molar-refractivity contribution in [2.24, 2.45) is 0 Å². The number of rotatable bonds is 3. The Kier molecular flexibility index (Phi) is 6.60. The van der Waals surface area contributed by atoms with Gasteiger partial charge in [0.1, 0.15) is 0 Å². The van der Waals surface area contributed by atoms with E-state index in [1.807, 2.05) is 30.3 Å². The molecule has 0 aliphatic rings. The van der Waals surface area contributed by atoms with E-state index >= 15 is 0 Å². The summed E-state index contributed by atoms with van der Waals surface area (Å²) < 4.78 is 4.66. The Labute approximate surface area is 96.0 Å². The summed E-state index contributed by atoms with van der Waals surface area (Å²) >= 11 is 0. The Bertz CT molecular complexity index is 317. The van der Waals surface area contributed by atoms with Crippen LogP contribution in [0.1, 0.15) is 5.56 Å². The van der Waals surface area contributed by atoms with Crippen molar-refractivity contribution in [3.63, 3.8) is 0 Å². The largest absolute Gasteiger partial charge is 0.431 e. The molecule has 14 heavy (non-hydrogen) atoms. The van der Waals surface area contributed by atoms with Crippen molar-refractivity contribution in [2.75, 3.05) is 0 Å². The summed E-state index contributed by atoms with van der Waals surface area (Å²) in [6.45, 7) is 3.28. The first-order valence-electron chi connectivity index (χ1n) is 3.87. The van der Waals surface area contributed by atoms with Crippen LogP contribution in [0.2, 0.25) is 0 Å². The van der Waals surface area contributed by atoms with Gasteiger partial charge in [0.05, 0.1) is 6.26 Å². The maximum absolute atomic E-state index is 10.6. The standard InChI is InChI=1S/C11H10O2.Zn/c1-2-11(12)13-9-8-10-6-4-3-5-7-10;/h2-9H,1H2;. The average molecular weight is 240 g/mol. The fourth-order valence-electron chi connectivity index (χ4n) is 0.792. The van der Waals surface area contributed by atoms with Gasteiger partial charge in [0.15, 0.2) is 0 Å². The topological polar surface area (TPSA) is 26.3 Å². The van der Waals surface area contributed by atoms with Gasteiger partial charge in [-0.1, -0.05) is 36.9 Å². The monoisotopic (exact) mass is 238 g/mol. The molecule has 0 N–H and O–H groups in total. The second kappa shape index (κ2) is 7.22. The van der Waals surface area contributed by atoms with Crippen molar-refractivity contribution in [1.29, 1.82) is 0 Å². The number of carbonyl (C=O) groups excluding carboxylic acids is 1. The molecule has 2 nitrogen and oxygen atoms in total. The zero-order valence-corrected chi connectivity index (χ0v) is 10.8. The van der Waals surface area contributed by atoms with Crippen LogP contribution in [0.3, 0.4) is 0 Å². The van der Waals surface area contributed by atoms with E-state index in [-0.39, 0.29) is 19.5 Å². The van der Waals surface area contributed by atoms with Gasteiger partial charge in [-0.15, -0.1) is 0 Å². The Morgan fingerprint density at radius 2 is 1.93 bits per heavy atom. The van der Waals surface area contributed by atoms with Crippen molar-refractivity contribution in [3.05, 3.63) is 54.8 Å². The minimum atomic E-state index is -0.452. The van der Waals surface area contributed by atoms with Crippen LogP contribution in [0.4, 0.5) is 0 Å². The van der Waals surface area contributed by atoms with Gasteiger partial charge >= 0.3 is 5.97 Å². The molecule has 0 aliphatic heterocycles. The third-order valence-electron chi connectivity index (χ3n) is 1.41. The first-order valence-corrected chi connectivity index (χ1v) is 3.87. The van der Waals surface area contributed by atoms with Gasteiger partial charge in [0.2, 0.25) is 0 Å². The summed E-state index contributed by atoms with van der Waals surface area (Å²) in [4.78, 5) is 10.6. The summed E-state index contributed by atoms with van der Waals surface area (Å²) in [6, 6.07) is 9.58. The summed E-state index contributed by atoms with van der Waals surface area (Å²) in [5.74, 6) is -0.452. The molecule has 0 spiro atoms. The van der Waals surface area contributed by atoms with Crippen LogP contribution in [-0.2, 0) is 29.0 Å². The zero-order chi connectivity index (χ0) is 9.52. The van der Waals surface area contributed by atoms with Crippen LogP contribution < -0.4 is 0 Å². The van der Waals surface area contributed by atoms with Crippen molar-refractivity contribution >= 4 is 12.0 Å². The molecule has 0 aliphatic carbocycles. The molecular formula is C11H10O2Zn. The number of benzene rings is 1. The molecule has 0 bridgehead atoms. The number of hydrogen-bond acceptors (Lipinski definition) is 2. The second-order valence-corrected chi connectivity index (χ2v) is 2.35. The maximum Gasteiger partial charge on any atom is 0.334 e. The van der Waals surface area contributed by atoms with Crippen LogP contribution in [0.15, 0.2) is 49.2 Å². The Balaban J connectivity index is 0.00000169. The van der Waals surface area contributed by atoms with E-state index in [9.17, 15) is 4.79 Å². The van der Waals surface area contributed by atoms with Crippen molar-refractivity contribution in [2.45, 2.75) is 0 Å². The van der Waals surface area contributed by atoms with Crippen molar-refractivity contribution < 1.29 is 29.0 Å². The molecule has 0 amide bonds. The van der Waals surface area contributed by atoms with Crippen LogP contribution in [-0.4, -0.2) is 5.97 Å². The van der Waals surface area contributed by atoms with E-state index in [0.29, 0.717) is 0 Å². The average Bonchev–Trinajstić information content (AvgIpc) is 2.19. The second-order valence-electron chi connectivity index (χ2n) is 2.35. The molecule has 1 aromatic rings. The first-order chi connectivity index (χ1) is 6.33. The smallest absolute Gasteiger partial charge is 0.334 e. The molecule has 0 saturated carbocycles. The van der Waals surface area contributed by atoms with Crippen LogP contribution in [0.5, 0.6) is 0 Å². The minimum absolute atomic E-state index is 0. The first kappa shape index (κ1) is 12.8. The Morgan fingerprint density at radius 1 is 1.29 bits per heavy atom. The summed E-state index contributed by atoms with van der Waals surface area (Å²) in [5, 5.41) is 0. The molecule has 1 rings (SSSR count). The fraction of sp³-hybridized carbons (Fsp3) is 0. The SMILES string of the molecule is C=CC(=O)OC=Cc1ccccc1.[Zn]. The molecule has 1 aromatic carbocycles. The predicted molar refractivity (Wildman–Crippen MR) is 51.8 cm³/mol. The molecule has 0 atom stereocenters. The van der Waals surface area contributed by atoms with Gasteiger partial charge in [-0.2, -0.15) is 0 Å². The number of esters is 1. The quantitative estimate of drug-likeness (QED) is 0.350. The third kappa shape index (κ3) is 4.73. The normalized spacial score (nSPS) is 9.14. The molecule has 0 aromatic heterocycles. The molecule has 0 saturated heterocycles. The number of carbonyl (C=O) groups is 1. The van der Waals surface area contributed by atoms with Crippen molar-refractivity contribution in [1.82, 2.24) is 0 Å². The van der Waals surface area contributed by atoms with Crippen LogP contribution >= 0.6 is 0 Å². The van der Waals surface area contributed by atoms with Crippen LogP contribution in [0.25, 0.3) is 6.08 Å². The van der Waals surface area contributed by atoms with Gasteiger partial charge in [0.25, 0.3) is 0 Å². The van der Waals surface area contributed by atoms with Gasteiger partial charge in [0, 0.05) is 25.6 Å². The van der Waals surface area contributed by atoms with E-state index < -0.39 is 5.97 Å². The summed E-state index contributed by atoms with van der Waals surface area (Å²) in [6.07, 6.45) is 4.18. The molecule has 0 unspecified atom stereocenters. The van der Waals surface area contributed by atoms with E-state index in [4.69, 9.17) is 0 Å². The number of hydrogen-bond donors (Lipinski definition) is 0. The van der Waals surface area contributed by atoms with E-state index in [1.165, 1.54) is 6.26 Å². The molecular weight excluding hydrogens is 230 g/mol.